The summed E-state index contributed by atoms with van der Waals surface area (Å²) < 4.78 is 53.4. The largest absolute Gasteiger partial charge is 0.491 e. The van der Waals surface area contributed by atoms with E-state index in [-0.39, 0.29) is 25.2 Å². The number of rotatable bonds is 9. The minimum absolute atomic E-state index is 0.0495. The first-order valence-corrected chi connectivity index (χ1v) is 6.35. The Balaban J connectivity index is 2.47. The van der Waals surface area contributed by atoms with E-state index < -0.39 is 17.3 Å². The first-order valence-electron chi connectivity index (χ1n) is 6.35. The Kier molecular flexibility index (Phi) is 7.18. The molecule has 0 aliphatic heterocycles. The van der Waals surface area contributed by atoms with Crippen LogP contribution in [-0.4, -0.2) is 39.8 Å². The summed E-state index contributed by atoms with van der Waals surface area (Å²) in [5.41, 5.74) is -1.42. The topological polar surface area (TPSA) is 44.8 Å². The van der Waals surface area contributed by atoms with Gasteiger partial charge in [0.2, 0.25) is 0 Å². The summed E-state index contributed by atoms with van der Waals surface area (Å²) >= 11 is 0. The van der Waals surface area contributed by atoms with Crippen LogP contribution < -0.4 is 4.74 Å². The van der Waals surface area contributed by atoms with Crippen molar-refractivity contribution in [2.45, 2.75) is 12.6 Å². The maximum atomic E-state index is 12.7. The number of carbonyl (C=O) groups is 1. The lowest BCUT2D eigenvalue weighted by Gasteiger charge is -2.12. The highest BCUT2D eigenvalue weighted by molar-refractivity contribution is 5.78. The summed E-state index contributed by atoms with van der Waals surface area (Å²) in [6, 6.07) is 3.23. The van der Waals surface area contributed by atoms with Crippen molar-refractivity contribution in [2.75, 3.05) is 33.5 Å². The molecule has 1 aromatic carbocycles. The quantitative estimate of drug-likeness (QED) is 0.520. The third kappa shape index (κ3) is 6.14. The fourth-order valence-electron chi connectivity index (χ4n) is 1.60. The maximum Gasteiger partial charge on any atom is 0.417 e. The molecule has 0 radical (unpaired) electrons. The third-order valence-electron chi connectivity index (χ3n) is 2.59. The minimum atomic E-state index is -4.59. The van der Waals surface area contributed by atoms with Crippen molar-refractivity contribution in [3.8, 4) is 5.75 Å². The van der Waals surface area contributed by atoms with Crippen molar-refractivity contribution in [1.29, 1.82) is 0 Å². The smallest absolute Gasteiger partial charge is 0.417 e. The molecule has 7 heteroatoms. The van der Waals surface area contributed by atoms with Crippen LogP contribution in [0.1, 0.15) is 22.3 Å². The average Bonchev–Trinajstić information content (AvgIpc) is 2.45. The molecule has 0 aliphatic rings. The van der Waals surface area contributed by atoms with Gasteiger partial charge in [0, 0.05) is 25.9 Å². The first kappa shape index (κ1) is 17.5. The minimum Gasteiger partial charge on any atom is -0.491 e. The van der Waals surface area contributed by atoms with Crippen LogP contribution in [0.3, 0.4) is 0 Å². The zero-order valence-corrected chi connectivity index (χ0v) is 11.6. The second-order valence-electron chi connectivity index (χ2n) is 4.17. The molecule has 0 saturated heterocycles. The van der Waals surface area contributed by atoms with E-state index in [0.29, 0.717) is 13.2 Å². The second-order valence-corrected chi connectivity index (χ2v) is 4.17. The number of halogens is 3. The Morgan fingerprint density at radius 2 is 1.90 bits per heavy atom. The SMILES string of the molecule is COCCCOCCOc1ccc(C=O)c(C(F)(F)F)c1. The highest BCUT2D eigenvalue weighted by Gasteiger charge is 2.33. The lowest BCUT2D eigenvalue weighted by Crippen LogP contribution is -2.11. The van der Waals surface area contributed by atoms with E-state index in [1.807, 2.05) is 0 Å². The second kappa shape index (κ2) is 8.63. The van der Waals surface area contributed by atoms with Crippen LogP contribution in [-0.2, 0) is 15.7 Å². The van der Waals surface area contributed by atoms with Gasteiger partial charge in [0.25, 0.3) is 0 Å². The average molecular weight is 306 g/mol. The molecule has 1 rings (SSSR count). The van der Waals surface area contributed by atoms with Gasteiger partial charge in [-0.2, -0.15) is 13.2 Å². The number of ether oxygens (including phenoxy) is 3. The van der Waals surface area contributed by atoms with Crippen LogP contribution in [0.15, 0.2) is 18.2 Å². The fraction of sp³-hybridized carbons (Fsp3) is 0.500. The Hall–Kier alpha value is -1.60. The van der Waals surface area contributed by atoms with Gasteiger partial charge in [-0.3, -0.25) is 4.79 Å². The predicted molar refractivity (Wildman–Crippen MR) is 69.6 cm³/mol. The normalized spacial score (nSPS) is 11.4. The van der Waals surface area contributed by atoms with E-state index in [1.165, 1.54) is 6.07 Å². The van der Waals surface area contributed by atoms with Crippen LogP contribution >= 0.6 is 0 Å². The molecule has 0 aromatic heterocycles. The predicted octanol–water partition coefficient (Wildman–Crippen LogP) is 2.95. The van der Waals surface area contributed by atoms with E-state index in [2.05, 4.69) is 0 Å². The van der Waals surface area contributed by atoms with E-state index >= 15 is 0 Å². The summed E-state index contributed by atoms with van der Waals surface area (Å²) in [5, 5.41) is 0. The molecule has 0 aliphatic carbocycles. The van der Waals surface area contributed by atoms with Gasteiger partial charge in [-0.25, -0.2) is 0 Å². The van der Waals surface area contributed by atoms with E-state index in [4.69, 9.17) is 14.2 Å². The van der Waals surface area contributed by atoms with Crippen LogP contribution in [0.5, 0.6) is 5.75 Å². The van der Waals surface area contributed by atoms with Gasteiger partial charge < -0.3 is 14.2 Å². The molecule has 0 N–H and O–H groups in total. The number of aldehydes is 1. The van der Waals surface area contributed by atoms with Crippen molar-refractivity contribution >= 4 is 6.29 Å². The monoisotopic (exact) mass is 306 g/mol. The summed E-state index contributed by atoms with van der Waals surface area (Å²) in [5.74, 6) is 0.0495. The Bertz CT molecular complexity index is 446. The van der Waals surface area contributed by atoms with Crippen LogP contribution in [0.2, 0.25) is 0 Å². The molecule has 0 unspecified atom stereocenters. The lowest BCUT2D eigenvalue weighted by molar-refractivity contribution is -0.137. The lowest BCUT2D eigenvalue weighted by atomic mass is 10.1. The van der Waals surface area contributed by atoms with E-state index in [9.17, 15) is 18.0 Å². The molecule has 0 atom stereocenters. The number of methoxy groups -OCH3 is 1. The zero-order chi connectivity index (χ0) is 15.7. The first-order chi connectivity index (χ1) is 9.99. The van der Waals surface area contributed by atoms with Crippen LogP contribution in [0.4, 0.5) is 13.2 Å². The van der Waals surface area contributed by atoms with E-state index in [0.717, 1.165) is 18.6 Å². The molecule has 0 bridgehead atoms. The van der Waals surface area contributed by atoms with Gasteiger partial charge in [0.15, 0.2) is 6.29 Å². The Morgan fingerprint density at radius 3 is 2.52 bits per heavy atom. The molecule has 21 heavy (non-hydrogen) atoms. The molecule has 0 fully saturated rings. The number of hydrogen-bond donors (Lipinski definition) is 0. The number of alkyl halides is 3. The standard InChI is InChI=1S/C14H17F3O4/c1-19-5-2-6-20-7-8-21-12-4-3-11(10-18)13(9-12)14(15,16)17/h3-4,9-10H,2,5-8H2,1H3. The number of hydrogen-bond acceptors (Lipinski definition) is 4. The van der Waals surface area contributed by atoms with Crippen molar-refractivity contribution in [3.63, 3.8) is 0 Å². The van der Waals surface area contributed by atoms with Crippen molar-refractivity contribution in [1.82, 2.24) is 0 Å². The van der Waals surface area contributed by atoms with Gasteiger partial charge in [-0.1, -0.05) is 0 Å². The molecule has 4 nitrogen and oxygen atoms in total. The van der Waals surface area contributed by atoms with Crippen LogP contribution in [0.25, 0.3) is 0 Å². The maximum absolute atomic E-state index is 12.7. The number of benzene rings is 1. The van der Waals surface area contributed by atoms with Crippen molar-refractivity contribution < 1.29 is 32.2 Å². The molecule has 0 heterocycles. The van der Waals surface area contributed by atoms with Crippen molar-refractivity contribution in [2.24, 2.45) is 0 Å². The summed E-state index contributed by atoms with van der Waals surface area (Å²) in [7, 11) is 1.59. The molecule has 118 valence electrons. The molecule has 0 saturated carbocycles. The molecular weight excluding hydrogens is 289 g/mol. The Labute approximate surface area is 120 Å². The zero-order valence-electron chi connectivity index (χ0n) is 11.6. The van der Waals surface area contributed by atoms with Gasteiger partial charge in [-0.15, -0.1) is 0 Å². The molecule has 1 aromatic rings. The van der Waals surface area contributed by atoms with Gasteiger partial charge >= 0.3 is 6.18 Å². The van der Waals surface area contributed by atoms with Gasteiger partial charge in [-0.05, 0) is 24.6 Å². The van der Waals surface area contributed by atoms with Crippen molar-refractivity contribution in [3.05, 3.63) is 29.3 Å². The third-order valence-corrected chi connectivity index (χ3v) is 2.59. The molecule has 0 spiro atoms. The molecule has 0 amide bonds. The number of carbonyl (C=O) groups excluding carboxylic acids is 1. The van der Waals surface area contributed by atoms with Gasteiger partial charge in [0.1, 0.15) is 12.4 Å². The highest BCUT2D eigenvalue weighted by Crippen LogP contribution is 2.33. The van der Waals surface area contributed by atoms with Gasteiger partial charge in [0.05, 0.1) is 12.2 Å². The summed E-state index contributed by atoms with van der Waals surface area (Å²) in [6.45, 7) is 1.48. The summed E-state index contributed by atoms with van der Waals surface area (Å²) in [6.07, 6.45) is -3.68. The molecular formula is C14H17F3O4. The van der Waals surface area contributed by atoms with Crippen LogP contribution in [0, 0.1) is 0 Å². The fourth-order valence-corrected chi connectivity index (χ4v) is 1.60. The van der Waals surface area contributed by atoms with E-state index in [1.54, 1.807) is 7.11 Å². The summed E-state index contributed by atoms with van der Waals surface area (Å²) in [4.78, 5) is 10.6. The Morgan fingerprint density at radius 1 is 1.14 bits per heavy atom. The highest BCUT2D eigenvalue weighted by atomic mass is 19.4.